The fourth-order valence-electron chi connectivity index (χ4n) is 2.17. The number of halogens is 1. The van der Waals surface area contributed by atoms with E-state index in [2.05, 4.69) is 5.32 Å². The Morgan fingerprint density at radius 3 is 2.61 bits per heavy atom. The molecule has 2 rings (SSSR count). The molecule has 5 nitrogen and oxygen atoms in total. The van der Waals surface area contributed by atoms with Crippen LogP contribution in [0.15, 0.2) is 36.4 Å². The summed E-state index contributed by atoms with van der Waals surface area (Å²) in [6.45, 7) is 0.119. The number of aliphatic hydroxyl groups excluding tert-OH is 1. The van der Waals surface area contributed by atoms with Crippen molar-refractivity contribution in [2.45, 2.75) is 6.10 Å². The third-order valence-electron chi connectivity index (χ3n) is 3.40. The maximum absolute atomic E-state index is 13.5. The topological polar surface area (TPSA) is 74.5 Å². The van der Waals surface area contributed by atoms with Gasteiger partial charge in [-0.25, -0.2) is 4.39 Å². The number of aliphatic hydroxyl groups is 1. The highest BCUT2D eigenvalue weighted by molar-refractivity contribution is 5.58. The van der Waals surface area contributed by atoms with Crippen molar-refractivity contribution in [2.24, 2.45) is 0 Å². The van der Waals surface area contributed by atoms with Crippen molar-refractivity contribution >= 4 is 5.69 Å². The molecule has 120 valence electrons. The van der Waals surface area contributed by atoms with Gasteiger partial charge in [0.2, 0.25) is 0 Å². The van der Waals surface area contributed by atoms with Crippen molar-refractivity contribution in [1.82, 2.24) is 0 Å². The predicted molar refractivity (Wildman–Crippen MR) is 84.1 cm³/mol. The molecule has 0 spiro atoms. The number of hydrogen-bond acceptors (Lipinski definition) is 5. The molecule has 0 saturated carbocycles. The van der Waals surface area contributed by atoms with Crippen LogP contribution in [0.1, 0.15) is 17.2 Å². The van der Waals surface area contributed by atoms with Gasteiger partial charge in [0.15, 0.2) is 11.5 Å². The minimum absolute atomic E-state index is 0.0768. The Balaban J connectivity index is 2.13. The van der Waals surface area contributed by atoms with Crippen molar-refractivity contribution in [3.63, 3.8) is 0 Å². The Bertz CT molecular complexity index is 728. The highest BCUT2D eigenvalue weighted by Gasteiger charge is 2.13. The summed E-state index contributed by atoms with van der Waals surface area (Å²) in [5.74, 6) is 0.471. The van der Waals surface area contributed by atoms with Crippen LogP contribution in [0.25, 0.3) is 0 Å². The van der Waals surface area contributed by atoms with Gasteiger partial charge in [0.05, 0.1) is 26.0 Å². The van der Waals surface area contributed by atoms with Crippen LogP contribution in [0.5, 0.6) is 11.5 Å². The van der Waals surface area contributed by atoms with E-state index in [0.717, 1.165) is 0 Å². The molecule has 2 aromatic carbocycles. The Morgan fingerprint density at radius 2 is 1.96 bits per heavy atom. The summed E-state index contributed by atoms with van der Waals surface area (Å²) in [6.07, 6.45) is -0.857. The first-order chi connectivity index (χ1) is 11.1. The van der Waals surface area contributed by atoms with E-state index < -0.39 is 11.9 Å². The van der Waals surface area contributed by atoms with Gasteiger partial charge in [-0.05, 0) is 29.8 Å². The van der Waals surface area contributed by atoms with Gasteiger partial charge in [-0.2, -0.15) is 5.26 Å². The maximum Gasteiger partial charge on any atom is 0.161 e. The van der Waals surface area contributed by atoms with E-state index in [0.29, 0.717) is 22.7 Å². The Kier molecular flexibility index (Phi) is 5.39. The van der Waals surface area contributed by atoms with Crippen LogP contribution in [0, 0.1) is 17.1 Å². The Labute approximate surface area is 133 Å². The second-order valence-corrected chi connectivity index (χ2v) is 4.79. The molecule has 6 heteroatoms. The lowest BCUT2D eigenvalue weighted by Gasteiger charge is -2.16. The van der Waals surface area contributed by atoms with E-state index >= 15 is 0 Å². The lowest BCUT2D eigenvalue weighted by molar-refractivity contribution is 0.191. The first-order valence-electron chi connectivity index (χ1n) is 6.93. The zero-order valence-electron chi connectivity index (χ0n) is 12.8. The molecule has 0 aliphatic carbocycles. The van der Waals surface area contributed by atoms with E-state index in [-0.39, 0.29) is 12.1 Å². The van der Waals surface area contributed by atoms with Gasteiger partial charge >= 0.3 is 0 Å². The van der Waals surface area contributed by atoms with Gasteiger partial charge in [0.25, 0.3) is 0 Å². The SMILES string of the molecule is COc1ccc([C@H](O)CNc2cccc(F)c2C#N)cc1OC. The number of nitriles is 1. The Morgan fingerprint density at radius 1 is 1.22 bits per heavy atom. The normalized spacial score (nSPS) is 11.4. The zero-order valence-corrected chi connectivity index (χ0v) is 12.8. The summed E-state index contributed by atoms with van der Waals surface area (Å²) < 4.78 is 23.9. The molecule has 2 N–H and O–H groups in total. The molecular weight excluding hydrogens is 299 g/mol. The van der Waals surface area contributed by atoms with Crippen molar-refractivity contribution in [3.05, 3.63) is 53.3 Å². The van der Waals surface area contributed by atoms with Crippen molar-refractivity contribution < 1.29 is 19.0 Å². The molecule has 23 heavy (non-hydrogen) atoms. The monoisotopic (exact) mass is 316 g/mol. The average molecular weight is 316 g/mol. The molecule has 0 aromatic heterocycles. The number of nitrogens with zero attached hydrogens (tertiary/aromatic N) is 1. The van der Waals surface area contributed by atoms with Crippen molar-refractivity contribution in [3.8, 4) is 17.6 Å². The molecular formula is C17H17FN2O3. The van der Waals surface area contributed by atoms with Crippen LogP contribution >= 0.6 is 0 Å². The van der Waals surface area contributed by atoms with Gasteiger partial charge < -0.3 is 19.9 Å². The summed E-state index contributed by atoms with van der Waals surface area (Å²) in [6, 6.07) is 11.2. The Hall–Kier alpha value is -2.78. The van der Waals surface area contributed by atoms with E-state index in [1.807, 2.05) is 0 Å². The number of anilines is 1. The zero-order chi connectivity index (χ0) is 16.8. The van der Waals surface area contributed by atoms with E-state index in [1.54, 1.807) is 30.3 Å². The van der Waals surface area contributed by atoms with E-state index in [9.17, 15) is 9.50 Å². The van der Waals surface area contributed by atoms with Gasteiger partial charge in [0, 0.05) is 6.54 Å². The molecule has 0 saturated heterocycles. The number of methoxy groups -OCH3 is 2. The van der Waals surface area contributed by atoms with Crippen LogP contribution in [-0.4, -0.2) is 25.9 Å². The van der Waals surface area contributed by atoms with Crippen LogP contribution in [-0.2, 0) is 0 Å². The van der Waals surface area contributed by atoms with E-state index in [1.165, 1.54) is 26.4 Å². The first-order valence-corrected chi connectivity index (χ1v) is 6.93. The highest BCUT2D eigenvalue weighted by atomic mass is 19.1. The number of nitrogens with one attached hydrogen (secondary N) is 1. The maximum atomic E-state index is 13.5. The van der Waals surface area contributed by atoms with E-state index in [4.69, 9.17) is 14.7 Å². The summed E-state index contributed by atoms with van der Waals surface area (Å²) in [7, 11) is 3.04. The fraction of sp³-hybridized carbons (Fsp3) is 0.235. The summed E-state index contributed by atoms with van der Waals surface area (Å²) in [4.78, 5) is 0. The third-order valence-corrected chi connectivity index (χ3v) is 3.40. The number of hydrogen-bond donors (Lipinski definition) is 2. The van der Waals surface area contributed by atoms with Gasteiger partial charge in [0.1, 0.15) is 17.4 Å². The minimum atomic E-state index is -0.857. The molecule has 0 aliphatic heterocycles. The van der Waals surface area contributed by atoms with Crippen LogP contribution in [0.2, 0.25) is 0 Å². The summed E-state index contributed by atoms with van der Waals surface area (Å²) >= 11 is 0. The molecule has 0 aliphatic rings. The van der Waals surface area contributed by atoms with Gasteiger partial charge in [-0.15, -0.1) is 0 Å². The number of rotatable bonds is 6. The summed E-state index contributed by atoms with van der Waals surface area (Å²) in [5, 5.41) is 22.1. The van der Waals surface area contributed by atoms with Crippen molar-refractivity contribution in [1.29, 1.82) is 5.26 Å². The molecule has 0 heterocycles. The number of benzene rings is 2. The molecule has 1 atom stereocenters. The van der Waals surface area contributed by atoms with Gasteiger partial charge in [-0.1, -0.05) is 12.1 Å². The lowest BCUT2D eigenvalue weighted by Crippen LogP contribution is -2.13. The molecule has 0 fully saturated rings. The number of ether oxygens (including phenoxy) is 2. The second-order valence-electron chi connectivity index (χ2n) is 4.79. The second kappa shape index (κ2) is 7.47. The fourth-order valence-corrected chi connectivity index (χ4v) is 2.17. The average Bonchev–Trinajstić information content (AvgIpc) is 2.58. The third kappa shape index (κ3) is 3.71. The standard InChI is InChI=1S/C17H17FN2O3/c1-22-16-7-6-11(8-17(16)23-2)15(21)10-20-14-5-3-4-13(18)12(14)9-19/h3-8,15,20-21H,10H2,1-2H3/t15-/m1/s1. The molecule has 2 aromatic rings. The molecule has 0 bridgehead atoms. The van der Waals surface area contributed by atoms with Crippen LogP contribution in [0.4, 0.5) is 10.1 Å². The molecule has 0 unspecified atom stereocenters. The van der Waals surface area contributed by atoms with Crippen LogP contribution < -0.4 is 14.8 Å². The van der Waals surface area contributed by atoms with Crippen molar-refractivity contribution in [2.75, 3.05) is 26.1 Å². The largest absolute Gasteiger partial charge is 0.493 e. The summed E-state index contributed by atoms with van der Waals surface area (Å²) in [5.41, 5.74) is 0.879. The lowest BCUT2D eigenvalue weighted by atomic mass is 10.1. The molecule has 0 radical (unpaired) electrons. The highest BCUT2D eigenvalue weighted by Crippen LogP contribution is 2.30. The first kappa shape index (κ1) is 16.6. The quantitative estimate of drug-likeness (QED) is 0.857. The minimum Gasteiger partial charge on any atom is -0.493 e. The smallest absolute Gasteiger partial charge is 0.161 e. The van der Waals surface area contributed by atoms with Gasteiger partial charge in [-0.3, -0.25) is 0 Å². The van der Waals surface area contributed by atoms with Crippen LogP contribution in [0.3, 0.4) is 0 Å². The predicted octanol–water partition coefficient (Wildman–Crippen LogP) is 2.86. The molecule has 0 amide bonds.